The second kappa shape index (κ2) is 4.87. The van der Waals surface area contributed by atoms with Gasteiger partial charge in [-0.2, -0.15) is 4.98 Å². The lowest BCUT2D eigenvalue weighted by Crippen LogP contribution is -2.01. The molecule has 0 atom stereocenters. The number of hydrogen-bond donors (Lipinski definition) is 1. The standard InChI is InChI=1S/C6H9N3O.ClH/c1-10-6-8-3-2-5(4-7)9-6;/h2-3H,4,7H2,1H3;1H. The van der Waals surface area contributed by atoms with Crippen molar-refractivity contribution in [2.75, 3.05) is 7.11 Å². The lowest BCUT2D eigenvalue weighted by molar-refractivity contribution is 0.378. The molecule has 0 saturated carbocycles. The maximum atomic E-state index is 5.33. The topological polar surface area (TPSA) is 61.0 Å². The number of methoxy groups -OCH3 is 1. The predicted octanol–water partition coefficient (Wildman–Crippen LogP) is 0.366. The number of halogens is 1. The molecule has 0 unspecified atom stereocenters. The first kappa shape index (κ1) is 10.1. The number of nitrogens with zero attached hydrogens (tertiary/aromatic N) is 2. The van der Waals surface area contributed by atoms with Crippen LogP contribution in [0.5, 0.6) is 6.01 Å². The van der Waals surface area contributed by atoms with E-state index in [2.05, 4.69) is 9.97 Å². The second-order valence-corrected chi connectivity index (χ2v) is 1.74. The molecule has 1 heterocycles. The van der Waals surface area contributed by atoms with E-state index in [1.807, 2.05) is 0 Å². The monoisotopic (exact) mass is 175 g/mol. The molecule has 4 nitrogen and oxygen atoms in total. The summed E-state index contributed by atoms with van der Waals surface area (Å²) in [4.78, 5) is 7.77. The predicted molar refractivity (Wildman–Crippen MR) is 43.7 cm³/mol. The molecule has 0 saturated heterocycles. The van der Waals surface area contributed by atoms with Gasteiger partial charge < -0.3 is 10.5 Å². The molecule has 62 valence electrons. The summed E-state index contributed by atoms with van der Waals surface area (Å²) in [6, 6.07) is 2.12. The van der Waals surface area contributed by atoms with Crippen molar-refractivity contribution in [3.63, 3.8) is 0 Å². The summed E-state index contributed by atoms with van der Waals surface area (Å²) in [6.45, 7) is 0.416. The molecule has 0 aliphatic rings. The van der Waals surface area contributed by atoms with Crippen LogP contribution in [0.3, 0.4) is 0 Å². The van der Waals surface area contributed by atoms with Crippen LogP contribution in [0.15, 0.2) is 12.3 Å². The largest absolute Gasteiger partial charge is 0.467 e. The van der Waals surface area contributed by atoms with Gasteiger partial charge in [0.2, 0.25) is 0 Å². The van der Waals surface area contributed by atoms with E-state index < -0.39 is 0 Å². The Morgan fingerprint density at radius 1 is 1.64 bits per heavy atom. The van der Waals surface area contributed by atoms with Gasteiger partial charge in [-0.1, -0.05) is 0 Å². The third-order valence-electron chi connectivity index (χ3n) is 1.08. The summed E-state index contributed by atoms with van der Waals surface area (Å²) in [5.74, 6) is 0. The minimum Gasteiger partial charge on any atom is -0.467 e. The highest BCUT2D eigenvalue weighted by Gasteiger charge is 1.94. The molecule has 0 spiro atoms. The first-order valence-electron chi connectivity index (χ1n) is 2.93. The lowest BCUT2D eigenvalue weighted by Gasteiger charge is -1.97. The molecule has 0 bridgehead atoms. The van der Waals surface area contributed by atoms with E-state index in [0.29, 0.717) is 12.6 Å². The Labute approximate surface area is 71.2 Å². The van der Waals surface area contributed by atoms with Crippen LogP contribution in [-0.4, -0.2) is 17.1 Å². The quantitative estimate of drug-likeness (QED) is 0.706. The summed E-state index contributed by atoms with van der Waals surface area (Å²) < 4.78 is 4.78. The zero-order chi connectivity index (χ0) is 7.40. The van der Waals surface area contributed by atoms with Gasteiger partial charge in [0.15, 0.2) is 0 Å². The van der Waals surface area contributed by atoms with Crippen LogP contribution in [-0.2, 0) is 6.54 Å². The van der Waals surface area contributed by atoms with Crippen LogP contribution in [0.4, 0.5) is 0 Å². The van der Waals surface area contributed by atoms with E-state index in [-0.39, 0.29) is 12.4 Å². The maximum Gasteiger partial charge on any atom is 0.316 e. The van der Waals surface area contributed by atoms with Gasteiger partial charge in [-0.25, -0.2) is 4.98 Å². The fourth-order valence-electron chi connectivity index (χ4n) is 0.588. The first-order chi connectivity index (χ1) is 4.86. The molecule has 1 aromatic rings. The van der Waals surface area contributed by atoms with Crippen LogP contribution in [0.2, 0.25) is 0 Å². The zero-order valence-electron chi connectivity index (χ0n) is 6.15. The van der Waals surface area contributed by atoms with Gasteiger partial charge in [0, 0.05) is 12.7 Å². The Hall–Kier alpha value is -0.870. The Bertz CT molecular complexity index is 199. The molecule has 2 N–H and O–H groups in total. The number of nitrogens with two attached hydrogens (primary N) is 1. The lowest BCUT2D eigenvalue weighted by atomic mass is 10.4. The molecule has 0 aliphatic carbocycles. The van der Waals surface area contributed by atoms with Gasteiger partial charge in [0.1, 0.15) is 0 Å². The van der Waals surface area contributed by atoms with Crippen LogP contribution >= 0.6 is 12.4 Å². The summed E-state index contributed by atoms with van der Waals surface area (Å²) in [5.41, 5.74) is 6.11. The fraction of sp³-hybridized carbons (Fsp3) is 0.333. The molecule has 0 radical (unpaired) electrons. The van der Waals surface area contributed by atoms with Crippen molar-refractivity contribution in [3.05, 3.63) is 18.0 Å². The van der Waals surface area contributed by atoms with Gasteiger partial charge in [0.25, 0.3) is 0 Å². The van der Waals surface area contributed by atoms with Crippen molar-refractivity contribution in [2.45, 2.75) is 6.54 Å². The Kier molecular flexibility index (Phi) is 4.49. The van der Waals surface area contributed by atoms with Crippen molar-refractivity contribution in [3.8, 4) is 6.01 Å². The van der Waals surface area contributed by atoms with Crippen LogP contribution in [0, 0.1) is 0 Å². The maximum absolute atomic E-state index is 5.33. The van der Waals surface area contributed by atoms with E-state index in [1.165, 1.54) is 7.11 Å². The Morgan fingerprint density at radius 3 is 2.91 bits per heavy atom. The van der Waals surface area contributed by atoms with Crippen LogP contribution in [0.25, 0.3) is 0 Å². The minimum atomic E-state index is 0. The molecular formula is C6H10ClN3O. The van der Waals surface area contributed by atoms with Gasteiger partial charge in [-0.15, -0.1) is 12.4 Å². The van der Waals surface area contributed by atoms with Crippen LogP contribution in [0.1, 0.15) is 5.69 Å². The zero-order valence-corrected chi connectivity index (χ0v) is 6.97. The first-order valence-corrected chi connectivity index (χ1v) is 2.93. The molecular weight excluding hydrogens is 166 g/mol. The van der Waals surface area contributed by atoms with Crippen molar-refractivity contribution in [2.24, 2.45) is 5.73 Å². The molecule has 1 rings (SSSR count). The van der Waals surface area contributed by atoms with E-state index >= 15 is 0 Å². The van der Waals surface area contributed by atoms with Crippen molar-refractivity contribution >= 4 is 12.4 Å². The van der Waals surface area contributed by atoms with E-state index in [4.69, 9.17) is 10.5 Å². The van der Waals surface area contributed by atoms with E-state index in [1.54, 1.807) is 12.3 Å². The molecule has 1 aromatic heterocycles. The average molecular weight is 176 g/mol. The van der Waals surface area contributed by atoms with E-state index in [9.17, 15) is 0 Å². The number of ether oxygens (including phenoxy) is 1. The summed E-state index contributed by atoms with van der Waals surface area (Å²) in [7, 11) is 1.52. The van der Waals surface area contributed by atoms with Gasteiger partial charge in [0.05, 0.1) is 12.8 Å². The number of aromatic nitrogens is 2. The summed E-state index contributed by atoms with van der Waals surface area (Å²) in [5, 5.41) is 0. The molecule has 0 aromatic carbocycles. The third-order valence-corrected chi connectivity index (χ3v) is 1.08. The molecule has 0 fully saturated rings. The highest BCUT2D eigenvalue weighted by atomic mass is 35.5. The van der Waals surface area contributed by atoms with Gasteiger partial charge in [-0.05, 0) is 6.07 Å². The van der Waals surface area contributed by atoms with Crippen LogP contribution < -0.4 is 10.5 Å². The van der Waals surface area contributed by atoms with Crippen molar-refractivity contribution in [1.29, 1.82) is 0 Å². The van der Waals surface area contributed by atoms with Gasteiger partial charge >= 0.3 is 6.01 Å². The third kappa shape index (κ3) is 2.69. The number of rotatable bonds is 2. The Morgan fingerprint density at radius 2 is 2.36 bits per heavy atom. The average Bonchev–Trinajstić information content (AvgIpc) is 2.05. The molecule has 5 heteroatoms. The second-order valence-electron chi connectivity index (χ2n) is 1.74. The van der Waals surface area contributed by atoms with Crippen molar-refractivity contribution in [1.82, 2.24) is 9.97 Å². The number of hydrogen-bond acceptors (Lipinski definition) is 4. The highest BCUT2D eigenvalue weighted by Crippen LogP contribution is 1.99. The van der Waals surface area contributed by atoms with Gasteiger partial charge in [-0.3, -0.25) is 0 Å². The summed E-state index contributed by atoms with van der Waals surface area (Å²) in [6.07, 6.45) is 1.62. The van der Waals surface area contributed by atoms with E-state index in [0.717, 1.165) is 5.69 Å². The fourth-order valence-corrected chi connectivity index (χ4v) is 0.588. The smallest absolute Gasteiger partial charge is 0.316 e. The Balaban J connectivity index is 0.000001000. The molecule has 0 amide bonds. The molecule has 0 aliphatic heterocycles. The SMILES string of the molecule is COc1nccc(CN)n1.Cl. The minimum absolute atomic E-state index is 0. The van der Waals surface area contributed by atoms with Crippen molar-refractivity contribution < 1.29 is 4.74 Å². The normalized spacial score (nSPS) is 8.55. The highest BCUT2D eigenvalue weighted by molar-refractivity contribution is 5.85. The summed E-state index contributed by atoms with van der Waals surface area (Å²) >= 11 is 0. The molecule has 11 heavy (non-hydrogen) atoms.